The van der Waals surface area contributed by atoms with Gasteiger partial charge in [-0.05, 0) is 65.0 Å². The zero-order valence-electron chi connectivity index (χ0n) is 22.8. The fourth-order valence-electron chi connectivity index (χ4n) is 3.56. The molecule has 1 N–H and O–H groups in total. The van der Waals surface area contributed by atoms with E-state index in [1.807, 2.05) is 19.1 Å². The summed E-state index contributed by atoms with van der Waals surface area (Å²) in [7, 11) is -3.69. The van der Waals surface area contributed by atoms with Crippen LogP contribution in [0.25, 0.3) is 0 Å². The fraction of sp³-hybridized carbons (Fsp3) is 0.419. The average molecular weight is 511 g/mol. The first kappa shape index (κ1) is 29.8. The van der Waals surface area contributed by atoms with E-state index in [-0.39, 0.29) is 28.9 Å². The van der Waals surface area contributed by atoms with Gasteiger partial charge in [0.15, 0.2) is 0 Å². The van der Waals surface area contributed by atoms with Gasteiger partial charge in [0.05, 0.1) is 11.5 Å². The van der Waals surface area contributed by atoms with Crippen molar-refractivity contribution in [2.24, 2.45) is 0 Å². The van der Waals surface area contributed by atoms with E-state index in [0.29, 0.717) is 6.42 Å². The first-order valence-corrected chi connectivity index (χ1v) is 13.9. The third-order valence-corrected chi connectivity index (χ3v) is 7.25. The van der Waals surface area contributed by atoms with Crippen LogP contribution in [0.4, 0.5) is 0 Å². The van der Waals surface area contributed by atoms with E-state index in [4.69, 9.17) is 9.29 Å². The van der Waals surface area contributed by atoms with Gasteiger partial charge in [-0.2, -0.15) is 8.42 Å². The number of benzene rings is 3. The highest BCUT2D eigenvalue weighted by molar-refractivity contribution is 7.86. The highest BCUT2D eigenvalue weighted by Gasteiger charge is 2.16. The summed E-state index contributed by atoms with van der Waals surface area (Å²) in [6.07, 6.45) is 1.32. The summed E-state index contributed by atoms with van der Waals surface area (Å²) in [6, 6.07) is 23.3. The molecule has 0 heterocycles. The molecule has 5 heteroatoms. The van der Waals surface area contributed by atoms with E-state index < -0.39 is 10.1 Å². The van der Waals surface area contributed by atoms with Crippen LogP contribution >= 0.6 is 0 Å². The van der Waals surface area contributed by atoms with Gasteiger partial charge in [-0.1, -0.05) is 108 Å². The molecule has 196 valence electrons. The number of aryl methyl sites for hydroxylation is 1. The standard InChI is InChI=1S/C19H24O3S.C12H18O/c1-15-8-10-18(11-9-15)23(20,21)22-13-12-16-6-5-7-17(14-16)19(2,3)4;1-12(2,3)11-6-4-5-10(9-11)7-8-13/h5-11,14H,12-13H2,1-4H3;4-6,9,13H,7-8H2,1-3H3. The summed E-state index contributed by atoms with van der Waals surface area (Å²) in [4.78, 5) is 0.201. The summed E-state index contributed by atoms with van der Waals surface area (Å²) < 4.78 is 29.4. The van der Waals surface area contributed by atoms with Gasteiger partial charge in [-0.15, -0.1) is 0 Å². The monoisotopic (exact) mass is 510 g/mol. The SMILES string of the molecule is CC(C)(C)c1cccc(CCO)c1.Cc1ccc(S(=O)(=O)OCCc2cccc(C(C)(C)C)c2)cc1. The molecule has 0 bridgehead atoms. The zero-order chi connectivity index (χ0) is 27.0. The van der Waals surface area contributed by atoms with E-state index >= 15 is 0 Å². The van der Waals surface area contributed by atoms with E-state index in [9.17, 15) is 8.42 Å². The lowest BCUT2D eigenvalue weighted by molar-refractivity contribution is 0.299. The summed E-state index contributed by atoms with van der Waals surface area (Å²) in [5, 5.41) is 8.81. The Morgan fingerprint density at radius 1 is 0.722 bits per heavy atom. The molecule has 0 atom stereocenters. The quantitative estimate of drug-likeness (QED) is 0.357. The van der Waals surface area contributed by atoms with Crippen LogP contribution in [0.1, 0.15) is 69.4 Å². The third-order valence-electron chi connectivity index (χ3n) is 5.93. The molecular weight excluding hydrogens is 468 g/mol. The molecule has 0 saturated carbocycles. The van der Waals surface area contributed by atoms with Crippen molar-refractivity contribution in [1.29, 1.82) is 0 Å². The minimum absolute atomic E-state index is 0.0742. The van der Waals surface area contributed by atoms with Crippen molar-refractivity contribution >= 4 is 10.1 Å². The van der Waals surface area contributed by atoms with Crippen molar-refractivity contribution in [3.05, 3.63) is 101 Å². The van der Waals surface area contributed by atoms with E-state index in [1.54, 1.807) is 24.3 Å². The molecule has 0 saturated heterocycles. The second-order valence-corrected chi connectivity index (χ2v) is 12.8. The summed E-state index contributed by atoms with van der Waals surface area (Å²) in [5.41, 5.74) is 6.15. The molecule has 0 fully saturated rings. The highest BCUT2D eigenvalue weighted by Crippen LogP contribution is 2.24. The van der Waals surface area contributed by atoms with Gasteiger partial charge in [-0.25, -0.2) is 0 Å². The lowest BCUT2D eigenvalue weighted by Crippen LogP contribution is -2.12. The Kier molecular flexibility index (Phi) is 10.5. The van der Waals surface area contributed by atoms with Crippen LogP contribution in [-0.2, 0) is 38.0 Å². The molecule has 0 aromatic heterocycles. The van der Waals surface area contributed by atoms with Gasteiger partial charge in [0.2, 0.25) is 0 Å². The summed E-state index contributed by atoms with van der Waals surface area (Å²) >= 11 is 0. The Morgan fingerprint density at radius 3 is 1.64 bits per heavy atom. The molecule has 3 aromatic carbocycles. The second-order valence-electron chi connectivity index (χ2n) is 11.2. The largest absolute Gasteiger partial charge is 0.396 e. The van der Waals surface area contributed by atoms with Crippen LogP contribution < -0.4 is 0 Å². The van der Waals surface area contributed by atoms with Gasteiger partial charge in [0.25, 0.3) is 10.1 Å². The van der Waals surface area contributed by atoms with Crippen molar-refractivity contribution in [2.45, 2.75) is 77.0 Å². The second kappa shape index (κ2) is 12.7. The maximum absolute atomic E-state index is 12.1. The number of aliphatic hydroxyl groups excluding tert-OH is 1. The summed E-state index contributed by atoms with van der Waals surface area (Å²) in [5.74, 6) is 0. The molecule has 0 aliphatic rings. The normalized spacial score (nSPS) is 12.1. The Labute approximate surface area is 218 Å². The van der Waals surface area contributed by atoms with Crippen molar-refractivity contribution in [2.75, 3.05) is 13.2 Å². The minimum atomic E-state index is -3.69. The van der Waals surface area contributed by atoms with Gasteiger partial charge < -0.3 is 5.11 Å². The number of aliphatic hydroxyl groups is 1. The third kappa shape index (κ3) is 9.53. The summed E-state index contributed by atoms with van der Waals surface area (Å²) in [6.45, 7) is 15.4. The molecular formula is C31H42O4S. The van der Waals surface area contributed by atoms with Crippen molar-refractivity contribution in [3.63, 3.8) is 0 Å². The highest BCUT2D eigenvalue weighted by atomic mass is 32.2. The predicted octanol–water partition coefficient (Wildman–Crippen LogP) is 6.76. The molecule has 36 heavy (non-hydrogen) atoms. The Bertz CT molecular complexity index is 1200. The topological polar surface area (TPSA) is 63.6 Å². The minimum Gasteiger partial charge on any atom is -0.396 e. The smallest absolute Gasteiger partial charge is 0.296 e. The molecule has 0 aliphatic heterocycles. The molecule has 0 unspecified atom stereocenters. The Hall–Kier alpha value is -2.47. The fourth-order valence-corrected chi connectivity index (χ4v) is 4.47. The van der Waals surface area contributed by atoms with Crippen LogP contribution in [0.5, 0.6) is 0 Å². The predicted molar refractivity (Wildman–Crippen MR) is 149 cm³/mol. The Balaban J connectivity index is 0.000000297. The lowest BCUT2D eigenvalue weighted by atomic mass is 9.86. The molecule has 0 amide bonds. The van der Waals surface area contributed by atoms with Crippen LogP contribution in [-0.4, -0.2) is 26.7 Å². The maximum atomic E-state index is 12.1. The van der Waals surface area contributed by atoms with Crippen molar-refractivity contribution in [3.8, 4) is 0 Å². The van der Waals surface area contributed by atoms with Gasteiger partial charge >= 0.3 is 0 Å². The van der Waals surface area contributed by atoms with Crippen molar-refractivity contribution < 1.29 is 17.7 Å². The first-order chi connectivity index (χ1) is 16.7. The maximum Gasteiger partial charge on any atom is 0.296 e. The van der Waals surface area contributed by atoms with Crippen LogP contribution in [0, 0.1) is 6.92 Å². The van der Waals surface area contributed by atoms with Crippen molar-refractivity contribution in [1.82, 2.24) is 0 Å². The molecule has 0 aliphatic carbocycles. The number of rotatable bonds is 7. The van der Waals surface area contributed by atoms with Gasteiger partial charge in [0, 0.05) is 6.61 Å². The molecule has 0 radical (unpaired) electrons. The van der Waals surface area contributed by atoms with E-state index in [1.165, 1.54) is 16.7 Å². The van der Waals surface area contributed by atoms with E-state index in [0.717, 1.165) is 17.5 Å². The Morgan fingerprint density at radius 2 is 1.19 bits per heavy atom. The average Bonchev–Trinajstić information content (AvgIpc) is 2.79. The molecule has 3 rings (SSSR count). The first-order valence-electron chi connectivity index (χ1n) is 12.5. The lowest BCUT2D eigenvalue weighted by Gasteiger charge is -2.19. The van der Waals surface area contributed by atoms with Gasteiger partial charge in [-0.3, -0.25) is 4.18 Å². The van der Waals surface area contributed by atoms with Gasteiger partial charge in [0.1, 0.15) is 0 Å². The van der Waals surface area contributed by atoms with Crippen LogP contribution in [0.3, 0.4) is 0 Å². The van der Waals surface area contributed by atoms with Crippen LogP contribution in [0.15, 0.2) is 77.7 Å². The number of hydrogen-bond donors (Lipinski definition) is 1. The van der Waals surface area contributed by atoms with Crippen LogP contribution in [0.2, 0.25) is 0 Å². The molecule has 0 spiro atoms. The molecule has 3 aromatic rings. The van der Waals surface area contributed by atoms with E-state index in [2.05, 4.69) is 77.9 Å². The molecule has 4 nitrogen and oxygen atoms in total. The number of hydrogen-bond acceptors (Lipinski definition) is 4. The zero-order valence-corrected chi connectivity index (χ0v) is 23.7.